The standard InChI is InChI=1S/C16H17N5O2/c17-16(23)12-4-1-3-11(9-12)13-10-19-15-6-5-14(20-21(13)15)18-7-2-8-22/h1,3-6,9-10,22H,2,7-8H2,(H2,17,23)(H,18,20). The van der Waals surface area contributed by atoms with Gasteiger partial charge in [-0.1, -0.05) is 12.1 Å². The molecular weight excluding hydrogens is 294 g/mol. The number of nitrogens with zero attached hydrogens (tertiary/aromatic N) is 3. The monoisotopic (exact) mass is 311 g/mol. The van der Waals surface area contributed by atoms with E-state index >= 15 is 0 Å². The van der Waals surface area contributed by atoms with E-state index in [1.165, 1.54) is 0 Å². The number of nitrogens with one attached hydrogen (secondary N) is 1. The van der Waals surface area contributed by atoms with E-state index < -0.39 is 5.91 Å². The first-order valence-corrected chi connectivity index (χ1v) is 7.29. The highest BCUT2D eigenvalue weighted by atomic mass is 16.3. The molecule has 2 heterocycles. The number of carbonyl (C=O) groups is 1. The molecule has 0 saturated heterocycles. The van der Waals surface area contributed by atoms with E-state index in [2.05, 4.69) is 15.4 Å². The van der Waals surface area contributed by atoms with Crippen LogP contribution in [0.1, 0.15) is 16.8 Å². The smallest absolute Gasteiger partial charge is 0.248 e. The molecule has 1 aromatic carbocycles. The van der Waals surface area contributed by atoms with Crippen LogP contribution in [0.2, 0.25) is 0 Å². The molecule has 0 bridgehead atoms. The summed E-state index contributed by atoms with van der Waals surface area (Å²) >= 11 is 0. The molecule has 118 valence electrons. The Morgan fingerprint density at radius 2 is 2.17 bits per heavy atom. The fraction of sp³-hybridized carbons (Fsp3) is 0.188. The minimum absolute atomic E-state index is 0.130. The number of carbonyl (C=O) groups excluding carboxylic acids is 1. The Balaban J connectivity index is 1.99. The van der Waals surface area contributed by atoms with Gasteiger partial charge >= 0.3 is 0 Å². The number of amides is 1. The van der Waals surface area contributed by atoms with E-state index in [1.807, 2.05) is 18.2 Å². The Kier molecular flexibility index (Phi) is 4.20. The lowest BCUT2D eigenvalue weighted by Crippen LogP contribution is -2.10. The van der Waals surface area contributed by atoms with Gasteiger partial charge in [-0.3, -0.25) is 4.79 Å². The topological polar surface area (TPSA) is 106 Å². The number of anilines is 1. The van der Waals surface area contributed by atoms with E-state index in [0.717, 1.165) is 11.3 Å². The van der Waals surface area contributed by atoms with Gasteiger partial charge in [-0.15, -0.1) is 5.10 Å². The zero-order chi connectivity index (χ0) is 16.2. The number of nitrogens with two attached hydrogens (primary N) is 1. The first-order valence-electron chi connectivity index (χ1n) is 7.29. The number of primary amides is 1. The molecule has 0 atom stereocenters. The first-order chi connectivity index (χ1) is 11.2. The lowest BCUT2D eigenvalue weighted by molar-refractivity contribution is 0.100. The average molecular weight is 311 g/mol. The van der Waals surface area contributed by atoms with Crippen LogP contribution in [0, 0.1) is 0 Å². The van der Waals surface area contributed by atoms with Crippen molar-refractivity contribution in [3.05, 3.63) is 48.2 Å². The van der Waals surface area contributed by atoms with Crippen LogP contribution in [0.4, 0.5) is 5.82 Å². The largest absolute Gasteiger partial charge is 0.396 e. The third-order valence-corrected chi connectivity index (χ3v) is 3.45. The number of fused-ring (bicyclic) bond motifs is 1. The highest BCUT2D eigenvalue weighted by molar-refractivity contribution is 5.94. The minimum atomic E-state index is -0.472. The van der Waals surface area contributed by atoms with Crippen LogP contribution in [0.25, 0.3) is 16.9 Å². The van der Waals surface area contributed by atoms with E-state index in [9.17, 15) is 4.79 Å². The number of aliphatic hydroxyl groups is 1. The summed E-state index contributed by atoms with van der Waals surface area (Å²) in [6, 6.07) is 10.7. The molecule has 3 rings (SSSR count). The molecule has 1 amide bonds. The zero-order valence-corrected chi connectivity index (χ0v) is 12.4. The SMILES string of the molecule is NC(=O)c1cccc(-c2cnc3ccc(NCCCO)nn23)c1. The van der Waals surface area contributed by atoms with Crippen LogP contribution in [0.15, 0.2) is 42.6 Å². The third kappa shape index (κ3) is 3.14. The number of rotatable bonds is 6. The number of hydrogen-bond acceptors (Lipinski definition) is 5. The maximum atomic E-state index is 11.3. The summed E-state index contributed by atoms with van der Waals surface area (Å²) in [5.74, 6) is 0.219. The van der Waals surface area contributed by atoms with E-state index in [-0.39, 0.29) is 6.61 Å². The van der Waals surface area contributed by atoms with Crippen LogP contribution in [-0.4, -0.2) is 38.8 Å². The first kappa shape index (κ1) is 15.0. The van der Waals surface area contributed by atoms with Crippen molar-refractivity contribution in [2.75, 3.05) is 18.5 Å². The Hall–Kier alpha value is -2.93. The molecule has 0 radical (unpaired) electrons. The van der Waals surface area contributed by atoms with Gasteiger partial charge in [-0.25, -0.2) is 9.50 Å². The van der Waals surface area contributed by atoms with Gasteiger partial charge in [0.1, 0.15) is 5.82 Å². The molecular formula is C16H17N5O2. The van der Waals surface area contributed by atoms with Crippen LogP contribution in [0.3, 0.4) is 0 Å². The van der Waals surface area contributed by atoms with Gasteiger partial charge in [0, 0.05) is 24.3 Å². The van der Waals surface area contributed by atoms with Gasteiger partial charge in [0.05, 0.1) is 11.9 Å². The third-order valence-electron chi connectivity index (χ3n) is 3.45. The summed E-state index contributed by atoms with van der Waals surface area (Å²) in [5, 5.41) is 16.5. The molecule has 0 unspecified atom stereocenters. The summed E-state index contributed by atoms with van der Waals surface area (Å²) in [6.45, 7) is 0.766. The van der Waals surface area contributed by atoms with Gasteiger partial charge in [-0.2, -0.15) is 0 Å². The molecule has 0 aliphatic carbocycles. The summed E-state index contributed by atoms with van der Waals surface area (Å²) in [4.78, 5) is 15.7. The van der Waals surface area contributed by atoms with Gasteiger partial charge in [0.2, 0.25) is 5.91 Å². The van der Waals surface area contributed by atoms with Gasteiger partial charge < -0.3 is 16.2 Å². The number of benzene rings is 1. The van der Waals surface area contributed by atoms with Gasteiger partial charge in [0.15, 0.2) is 5.65 Å². The Bertz CT molecular complexity index is 843. The lowest BCUT2D eigenvalue weighted by atomic mass is 10.1. The van der Waals surface area contributed by atoms with Crippen LogP contribution in [0.5, 0.6) is 0 Å². The minimum Gasteiger partial charge on any atom is -0.396 e. The van der Waals surface area contributed by atoms with Crippen molar-refractivity contribution in [3.8, 4) is 11.3 Å². The van der Waals surface area contributed by atoms with E-state index in [1.54, 1.807) is 28.9 Å². The van der Waals surface area contributed by atoms with Crippen molar-refractivity contribution in [2.24, 2.45) is 5.73 Å². The quantitative estimate of drug-likeness (QED) is 0.595. The van der Waals surface area contributed by atoms with Crippen molar-refractivity contribution in [1.82, 2.24) is 14.6 Å². The second-order valence-electron chi connectivity index (χ2n) is 5.08. The van der Waals surface area contributed by atoms with E-state index in [4.69, 9.17) is 10.8 Å². The van der Waals surface area contributed by atoms with Crippen molar-refractivity contribution >= 4 is 17.4 Å². The van der Waals surface area contributed by atoms with Gasteiger partial charge in [-0.05, 0) is 30.7 Å². The number of imidazole rings is 1. The fourth-order valence-corrected chi connectivity index (χ4v) is 2.29. The normalized spacial score (nSPS) is 10.8. The van der Waals surface area contributed by atoms with Crippen LogP contribution >= 0.6 is 0 Å². The summed E-state index contributed by atoms with van der Waals surface area (Å²) in [6.07, 6.45) is 2.36. The Morgan fingerprint density at radius 3 is 2.96 bits per heavy atom. The van der Waals surface area contributed by atoms with Crippen molar-refractivity contribution in [3.63, 3.8) is 0 Å². The summed E-state index contributed by atoms with van der Waals surface area (Å²) in [7, 11) is 0. The fourth-order valence-electron chi connectivity index (χ4n) is 2.29. The van der Waals surface area contributed by atoms with Crippen LogP contribution in [-0.2, 0) is 0 Å². The molecule has 4 N–H and O–H groups in total. The Labute approximate surface area is 132 Å². The molecule has 0 aliphatic rings. The van der Waals surface area contributed by atoms with Crippen molar-refractivity contribution in [2.45, 2.75) is 6.42 Å². The number of aromatic nitrogens is 3. The zero-order valence-electron chi connectivity index (χ0n) is 12.4. The second kappa shape index (κ2) is 6.45. The molecule has 7 heteroatoms. The number of hydrogen-bond donors (Lipinski definition) is 3. The Morgan fingerprint density at radius 1 is 1.30 bits per heavy atom. The lowest BCUT2D eigenvalue weighted by Gasteiger charge is -2.07. The maximum absolute atomic E-state index is 11.3. The van der Waals surface area contributed by atoms with Gasteiger partial charge in [0.25, 0.3) is 0 Å². The summed E-state index contributed by atoms with van der Waals surface area (Å²) < 4.78 is 1.71. The molecule has 0 fully saturated rings. The van der Waals surface area contributed by atoms with Crippen molar-refractivity contribution in [1.29, 1.82) is 0 Å². The maximum Gasteiger partial charge on any atom is 0.248 e. The molecule has 0 saturated carbocycles. The highest BCUT2D eigenvalue weighted by Crippen LogP contribution is 2.22. The van der Waals surface area contributed by atoms with Crippen molar-refractivity contribution < 1.29 is 9.90 Å². The van der Waals surface area contributed by atoms with Crippen LogP contribution < -0.4 is 11.1 Å². The second-order valence-corrected chi connectivity index (χ2v) is 5.08. The predicted molar refractivity (Wildman–Crippen MR) is 87.1 cm³/mol. The molecule has 23 heavy (non-hydrogen) atoms. The number of aliphatic hydroxyl groups excluding tert-OH is 1. The molecule has 2 aromatic heterocycles. The predicted octanol–water partition coefficient (Wildman–Crippen LogP) is 1.29. The molecule has 7 nitrogen and oxygen atoms in total. The van der Waals surface area contributed by atoms with E-state index in [0.29, 0.717) is 30.0 Å². The molecule has 0 aliphatic heterocycles. The molecule has 3 aromatic rings. The molecule has 0 spiro atoms. The average Bonchev–Trinajstić information content (AvgIpc) is 2.98. The summed E-state index contributed by atoms with van der Waals surface area (Å²) in [5.41, 5.74) is 8.06. The highest BCUT2D eigenvalue weighted by Gasteiger charge is 2.10.